The number of amidine groups is 1. The first-order chi connectivity index (χ1) is 5.62. The Bertz CT molecular complexity index is 229. The minimum atomic E-state index is -0.788. The fourth-order valence-electron chi connectivity index (χ4n) is 0.939. The highest BCUT2D eigenvalue weighted by Gasteiger charge is 2.43. The van der Waals surface area contributed by atoms with Crippen LogP contribution in [0, 0.1) is 0 Å². The van der Waals surface area contributed by atoms with Crippen molar-refractivity contribution >= 4 is 22.8 Å². The zero-order valence-electron chi connectivity index (χ0n) is 7.38. The Kier molecular flexibility index (Phi) is 2.74. The predicted octanol–water partition coefficient (Wildman–Crippen LogP) is 0.588. The highest BCUT2D eigenvalue weighted by atomic mass is 32.2. The van der Waals surface area contributed by atoms with Gasteiger partial charge >= 0.3 is 0 Å². The third-order valence-corrected chi connectivity index (χ3v) is 2.72. The first-order valence-corrected chi connectivity index (χ1v) is 4.55. The van der Waals surface area contributed by atoms with Crippen LogP contribution in [-0.4, -0.2) is 29.7 Å². The van der Waals surface area contributed by atoms with Gasteiger partial charge in [0.1, 0.15) is 0 Å². The van der Waals surface area contributed by atoms with E-state index in [1.165, 1.54) is 11.8 Å². The summed E-state index contributed by atoms with van der Waals surface area (Å²) in [6, 6.07) is 0. The number of nitrogens with one attached hydrogen (secondary N) is 1. The number of rotatable bonds is 2. The first-order valence-electron chi connectivity index (χ1n) is 3.73. The molecular formula is C7H12N2O2S. The van der Waals surface area contributed by atoms with E-state index >= 15 is 0 Å². The highest BCUT2D eigenvalue weighted by molar-refractivity contribution is 8.16. The van der Waals surface area contributed by atoms with Crippen molar-refractivity contribution in [2.75, 3.05) is 13.7 Å². The van der Waals surface area contributed by atoms with Gasteiger partial charge in [-0.2, -0.15) is 0 Å². The molecule has 0 aromatic rings. The Morgan fingerprint density at radius 3 is 2.83 bits per heavy atom. The molecule has 0 aliphatic carbocycles. The Balaban J connectivity index is 2.74. The minimum Gasteiger partial charge on any atom is -0.355 e. The molecule has 1 fully saturated rings. The van der Waals surface area contributed by atoms with Crippen molar-refractivity contribution in [1.82, 2.24) is 5.32 Å². The average molecular weight is 188 g/mol. The lowest BCUT2D eigenvalue weighted by molar-refractivity contribution is -0.132. The summed E-state index contributed by atoms with van der Waals surface area (Å²) in [6.07, 6.45) is 0. The molecule has 1 atom stereocenters. The summed E-state index contributed by atoms with van der Waals surface area (Å²) in [7, 11) is 1.64. The Morgan fingerprint density at radius 1 is 1.75 bits per heavy atom. The zero-order valence-corrected chi connectivity index (χ0v) is 8.20. The Morgan fingerprint density at radius 2 is 2.42 bits per heavy atom. The van der Waals surface area contributed by atoms with Crippen LogP contribution in [0.5, 0.6) is 0 Å². The van der Waals surface area contributed by atoms with Gasteiger partial charge < -0.3 is 10.1 Å². The van der Waals surface area contributed by atoms with Crippen LogP contribution in [0.2, 0.25) is 0 Å². The molecule has 5 heteroatoms. The molecule has 0 radical (unpaired) electrons. The van der Waals surface area contributed by atoms with E-state index < -0.39 is 4.93 Å². The second kappa shape index (κ2) is 3.45. The van der Waals surface area contributed by atoms with Crippen molar-refractivity contribution in [2.45, 2.75) is 18.8 Å². The minimum absolute atomic E-state index is 0.130. The van der Waals surface area contributed by atoms with Crippen LogP contribution in [0.15, 0.2) is 4.99 Å². The van der Waals surface area contributed by atoms with Crippen molar-refractivity contribution in [3.8, 4) is 0 Å². The summed E-state index contributed by atoms with van der Waals surface area (Å²) in [6.45, 7) is 4.13. The maximum Gasteiger partial charge on any atom is 0.268 e. The highest BCUT2D eigenvalue weighted by Crippen LogP contribution is 2.32. The molecule has 68 valence electrons. The van der Waals surface area contributed by atoms with Crippen LogP contribution in [0.3, 0.4) is 0 Å². The summed E-state index contributed by atoms with van der Waals surface area (Å²) in [5.74, 6) is -0.130. The average Bonchev–Trinajstić information content (AvgIpc) is 2.29. The van der Waals surface area contributed by atoms with E-state index in [0.29, 0.717) is 11.8 Å². The third-order valence-electron chi connectivity index (χ3n) is 1.55. The van der Waals surface area contributed by atoms with Gasteiger partial charge in [-0.05, 0) is 25.6 Å². The number of hydrogen-bond donors (Lipinski definition) is 1. The lowest BCUT2D eigenvalue weighted by Gasteiger charge is -2.17. The molecule has 1 amide bonds. The molecule has 0 saturated carbocycles. The number of hydrogen-bond acceptors (Lipinski definition) is 4. The molecule has 4 nitrogen and oxygen atoms in total. The molecule has 1 N–H and O–H groups in total. The maximum absolute atomic E-state index is 11.3. The summed E-state index contributed by atoms with van der Waals surface area (Å²) >= 11 is 1.31. The summed E-state index contributed by atoms with van der Waals surface area (Å²) < 4.78 is 5.30. The predicted molar refractivity (Wildman–Crippen MR) is 49.1 cm³/mol. The first kappa shape index (κ1) is 9.54. The fourth-order valence-corrected chi connectivity index (χ4v) is 1.86. The van der Waals surface area contributed by atoms with Crippen LogP contribution in [-0.2, 0) is 9.53 Å². The monoisotopic (exact) mass is 188 g/mol. The molecule has 1 aliphatic heterocycles. The maximum atomic E-state index is 11.3. The summed E-state index contributed by atoms with van der Waals surface area (Å²) in [5.41, 5.74) is 0. The van der Waals surface area contributed by atoms with Crippen molar-refractivity contribution in [3.05, 3.63) is 0 Å². The third kappa shape index (κ3) is 1.61. The molecule has 1 saturated heterocycles. The van der Waals surface area contributed by atoms with Crippen LogP contribution in [0.1, 0.15) is 13.8 Å². The number of thioether (sulfide) groups is 1. The molecule has 1 rings (SSSR count). The van der Waals surface area contributed by atoms with Crippen LogP contribution in [0.25, 0.3) is 0 Å². The molecule has 0 bridgehead atoms. The van der Waals surface area contributed by atoms with E-state index in [2.05, 4.69) is 10.3 Å². The molecule has 0 spiro atoms. The lowest BCUT2D eigenvalue weighted by atomic mass is 10.4. The van der Waals surface area contributed by atoms with Crippen molar-refractivity contribution in [2.24, 2.45) is 4.99 Å². The SMILES string of the molecule is CCOC1(C)SC(=NC)NC1=O. The number of aliphatic imine (C=N–C) groups is 1. The number of nitrogens with zero attached hydrogens (tertiary/aromatic N) is 1. The van der Waals surface area contributed by atoms with E-state index in [0.717, 1.165) is 0 Å². The van der Waals surface area contributed by atoms with Gasteiger partial charge in [0.05, 0.1) is 0 Å². The van der Waals surface area contributed by atoms with Gasteiger partial charge in [0.25, 0.3) is 5.91 Å². The Labute approximate surface area is 75.8 Å². The van der Waals surface area contributed by atoms with Gasteiger partial charge in [0.15, 0.2) is 10.1 Å². The molecule has 1 unspecified atom stereocenters. The van der Waals surface area contributed by atoms with Gasteiger partial charge in [-0.1, -0.05) is 0 Å². The second-order valence-electron chi connectivity index (χ2n) is 2.46. The van der Waals surface area contributed by atoms with Gasteiger partial charge in [0, 0.05) is 13.7 Å². The summed E-state index contributed by atoms with van der Waals surface area (Å²) in [4.78, 5) is 14.4. The van der Waals surface area contributed by atoms with Gasteiger partial charge in [0.2, 0.25) is 0 Å². The van der Waals surface area contributed by atoms with E-state index in [1.54, 1.807) is 14.0 Å². The molecule has 0 aromatic carbocycles. The fraction of sp³-hybridized carbons (Fsp3) is 0.714. The van der Waals surface area contributed by atoms with Crippen molar-refractivity contribution in [1.29, 1.82) is 0 Å². The lowest BCUT2D eigenvalue weighted by Crippen LogP contribution is -2.36. The van der Waals surface area contributed by atoms with Gasteiger partial charge in [-0.25, -0.2) is 0 Å². The Hall–Kier alpha value is -0.550. The van der Waals surface area contributed by atoms with Crippen molar-refractivity contribution in [3.63, 3.8) is 0 Å². The van der Waals surface area contributed by atoms with E-state index in [-0.39, 0.29) is 5.91 Å². The topological polar surface area (TPSA) is 50.7 Å². The number of amides is 1. The number of carbonyl (C=O) groups excluding carboxylic acids is 1. The number of ether oxygens (including phenoxy) is 1. The van der Waals surface area contributed by atoms with Crippen molar-refractivity contribution < 1.29 is 9.53 Å². The quantitative estimate of drug-likeness (QED) is 0.690. The largest absolute Gasteiger partial charge is 0.355 e. The van der Waals surface area contributed by atoms with E-state index in [9.17, 15) is 4.79 Å². The van der Waals surface area contributed by atoms with Crippen LogP contribution < -0.4 is 5.32 Å². The standard InChI is InChI=1S/C7H12N2O2S/c1-4-11-7(2)5(10)9-6(8-3)12-7/h4H2,1-3H3,(H,8,9,10). The molecular weight excluding hydrogens is 176 g/mol. The van der Waals surface area contributed by atoms with Crippen LogP contribution in [0.4, 0.5) is 0 Å². The summed E-state index contributed by atoms with van der Waals surface area (Å²) in [5, 5.41) is 3.25. The van der Waals surface area contributed by atoms with Gasteiger partial charge in [-0.3, -0.25) is 9.79 Å². The molecule has 0 aromatic heterocycles. The van der Waals surface area contributed by atoms with Crippen LogP contribution >= 0.6 is 11.8 Å². The molecule has 1 heterocycles. The normalized spacial score (nSPS) is 32.6. The van der Waals surface area contributed by atoms with E-state index in [1.807, 2.05) is 6.92 Å². The molecule has 12 heavy (non-hydrogen) atoms. The van der Waals surface area contributed by atoms with Gasteiger partial charge in [-0.15, -0.1) is 0 Å². The number of carbonyl (C=O) groups is 1. The van der Waals surface area contributed by atoms with E-state index in [4.69, 9.17) is 4.74 Å². The zero-order chi connectivity index (χ0) is 9.19. The molecule has 1 aliphatic rings. The smallest absolute Gasteiger partial charge is 0.268 e. The second-order valence-corrected chi connectivity index (χ2v) is 3.83.